The third-order valence-electron chi connectivity index (χ3n) is 3.72. The number of rotatable bonds is 3. The zero-order valence-corrected chi connectivity index (χ0v) is 13.5. The van der Waals surface area contributed by atoms with Crippen molar-refractivity contribution < 1.29 is 14.3 Å². The van der Waals surface area contributed by atoms with Crippen LogP contribution in [-0.2, 0) is 4.74 Å². The molecule has 3 nitrogen and oxygen atoms in total. The maximum absolute atomic E-state index is 11.8. The molecule has 22 heavy (non-hydrogen) atoms. The van der Waals surface area contributed by atoms with Crippen molar-refractivity contribution in [1.82, 2.24) is 0 Å². The fourth-order valence-corrected chi connectivity index (χ4v) is 3.56. The molecule has 1 heterocycles. The van der Waals surface area contributed by atoms with Gasteiger partial charge in [-0.05, 0) is 42.1 Å². The molecule has 4 heteroatoms. The second kappa shape index (κ2) is 5.81. The number of ether oxygens (including phenoxy) is 2. The van der Waals surface area contributed by atoms with E-state index in [2.05, 4.69) is 18.4 Å². The first kappa shape index (κ1) is 14.6. The molecule has 0 amide bonds. The minimum atomic E-state index is -0.323. The summed E-state index contributed by atoms with van der Waals surface area (Å²) >= 11 is 1.66. The van der Waals surface area contributed by atoms with Gasteiger partial charge in [0.15, 0.2) is 0 Å². The molecule has 0 aliphatic carbocycles. The smallest absolute Gasteiger partial charge is 0.337 e. The third-order valence-corrected chi connectivity index (χ3v) is 4.68. The first-order chi connectivity index (χ1) is 10.7. The number of esters is 1. The van der Waals surface area contributed by atoms with Crippen LogP contribution < -0.4 is 4.74 Å². The SMILES string of the molecule is COC(=O)c1ccc2scc(-c3c(C)cccc3OC)c2c1. The van der Waals surface area contributed by atoms with Crippen LogP contribution in [0.3, 0.4) is 0 Å². The van der Waals surface area contributed by atoms with E-state index in [-0.39, 0.29) is 5.97 Å². The van der Waals surface area contributed by atoms with Crippen LogP contribution in [0.1, 0.15) is 15.9 Å². The van der Waals surface area contributed by atoms with Crippen molar-refractivity contribution in [2.24, 2.45) is 0 Å². The average molecular weight is 312 g/mol. The molecule has 0 saturated carbocycles. The van der Waals surface area contributed by atoms with E-state index >= 15 is 0 Å². The molecule has 0 aliphatic heterocycles. The Labute approximate surface area is 133 Å². The molecule has 3 rings (SSSR count). The molecule has 0 atom stereocenters. The second-order valence-corrected chi connectivity index (χ2v) is 5.92. The summed E-state index contributed by atoms with van der Waals surface area (Å²) < 4.78 is 11.5. The van der Waals surface area contributed by atoms with Crippen molar-refractivity contribution >= 4 is 27.4 Å². The zero-order valence-electron chi connectivity index (χ0n) is 12.7. The predicted molar refractivity (Wildman–Crippen MR) is 89.9 cm³/mol. The van der Waals surface area contributed by atoms with E-state index in [0.717, 1.165) is 32.5 Å². The molecule has 112 valence electrons. The van der Waals surface area contributed by atoms with E-state index in [1.165, 1.54) is 7.11 Å². The molecule has 0 aliphatic rings. The maximum Gasteiger partial charge on any atom is 0.337 e. The van der Waals surface area contributed by atoms with Crippen molar-refractivity contribution in [2.75, 3.05) is 14.2 Å². The second-order valence-electron chi connectivity index (χ2n) is 5.00. The number of thiophene rings is 1. The highest BCUT2D eigenvalue weighted by molar-refractivity contribution is 7.17. The Hall–Kier alpha value is -2.33. The molecule has 0 bridgehead atoms. The highest BCUT2D eigenvalue weighted by atomic mass is 32.1. The molecular weight excluding hydrogens is 296 g/mol. The fourth-order valence-electron chi connectivity index (χ4n) is 2.62. The standard InChI is InChI=1S/C18H16O3S/c1-11-5-4-6-15(20-2)17(11)14-10-22-16-8-7-12(9-13(14)16)18(19)21-3/h4-10H,1-3H3. The van der Waals surface area contributed by atoms with Gasteiger partial charge >= 0.3 is 5.97 Å². The number of methoxy groups -OCH3 is 2. The highest BCUT2D eigenvalue weighted by Crippen LogP contribution is 2.40. The van der Waals surface area contributed by atoms with Crippen LogP contribution in [0.2, 0.25) is 0 Å². The molecular formula is C18H16O3S. The number of fused-ring (bicyclic) bond motifs is 1. The van der Waals surface area contributed by atoms with Gasteiger partial charge in [-0.25, -0.2) is 4.79 Å². The van der Waals surface area contributed by atoms with Crippen LogP contribution in [0.4, 0.5) is 0 Å². The van der Waals surface area contributed by atoms with Crippen molar-refractivity contribution in [2.45, 2.75) is 6.92 Å². The molecule has 2 aromatic carbocycles. The first-order valence-corrected chi connectivity index (χ1v) is 7.77. The van der Waals surface area contributed by atoms with Gasteiger partial charge in [0.25, 0.3) is 0 Å². The number of carbonyl (C=O) groups is 1. The predicted octanol–water partition coefficient (Wildman–Crippen LogP) is 4.67. The molecule has 0 radical (unpaired) electrons. The van der Waals surface area contributed by atoms with Crippen LogP contribution >= 0.6 is 11.3 Å². The van der Waals surface area contributed by atoms with Gasteiger partial charge in [-0.3, -0.25) is 0 Å². The number of benzene rings is 2. The summed E-state index contributed by atoms with van der Waals surface area (Å²) in [6.07, 6.45) is 0. The quantitative estimate of drug-likeness (QED) is 0.659. The van der Waals surface area contributed by atoms with Crippen LogP contribution in [0, 0.1) is 6.92 Å². The molecule has 0 unspecified atom stereocenters. The van der Waals surface area contributed by atoms with Crippen molar-refractivity contribution in [3.63, 3.8) is 0 Å². The zero-order chi connectivity index (χ0) is 15.7. The molecule has 0 saturated heterocycles. The van der Waals surface area contributed by atoms with Gasteiger partial charge in [0.2, 0.25) is 0 Å². The number of hydrogen-bond donors (Lipinski definition) is 0. The summed E-state index contributed by atoms with van der Waals surface area (Å²) in [5, 5.41) is 3.15. The van der Waals surface area contributed by atoms with Gasteiger partial charge in [-0.2, -0.15) is 0 Å². The lowest BCUT2D eigenvalue weighted by atomic mass is 9.98. The Morgan fingerprint density at radius 2 is 1.95 bits per heavy atom. The Morgan fingerprint density at radius 3 is 2.68 bits per heavy atom. The third kappa shape index (κ3) is 2.35. The Morgan fingerprint density at radius 1 is 1.14 bits per heavy atom. The topological polar surface area (TPSA) is 35.5 Å². The van der Waals surface area contributed by atoms with Gasteiger partial charge in [0, 0.05) is 21.2 Å². The van der Waals surface area contributed by atoms with Gasteiger partial charge in [0.1, 0.15) is 5.75 Å². The van der Waals surface area contributed by atoms with Gasteiger partial charge < -0.3 is 9.47 Å². The highest BCUT2D eigenvalue weighted by Gasteiger charge is 2.15. The lowest BCUT2D eigenvalue weighted by molar-refractivity contribution is 0.0601. The number of carbonyl (C=O) groups excluding carboxylic acids is 1. The van der Waals surface area contributed by atoms with Crippen LogP contribution in [0.25, 0.3) is 21.2 Å². The first-order valence-electron chi connectivity index (χ1n) is 6.89. The van der Waals surface area contributed by atoms with Gasteiger partial charge in [0.05, 0.1) is 19.8 Å². The summed E-state index contributed by atoms with van der Waals surface area (Å²) in [6.45, 7) is 2.06. The van der Waals surface area contributed by atoms with Crippen molar-refractivity contribution in [3.05, 3.63) is 52.9 Å². The molecule has 3 aromatic rings. The summed E-state index contributed by atoms with van der Waals surface area (Å²) in [7, 11) is 3.07. The largest absolute Gasteiger partial charge is 0.496 e. The Kier molecular flexibility index (Phi) is 3.86. The summed E-state index contributed by atoms with van der Waals surface area (Å²) in [6, 6.07) is 11.6. The number of aryl methyl sites for hydroxylation is 1. The monoisotopic (exact) mass is 312 g/mol. The number of hydrogen-bond acceptors (Lipinski definition) is 4. The van der Waals surface area contributed by atoms with E-state index in [4.69, 9.17) is 9.47 Å². The average Bonchev–Trinajstić information content (AvgIpc) is 2.96. The minimum Gasteiger partial charge on any atom is -0.496 e. The molecule has 1 aromatic heterocycles. The van der Waals surface area contributed by atoms with Gasteiger partial charge in [-0.1, -0.05) is 12.1 Å². The van der Waals surface area contributed by atoms with Crippen LogP contribution in [-0.4, -0.2) is 20.2 Å². The van der Waals surface area contributed by atoms with E-state index < -0.39 is 0 Å². The van der Waals surface area contributed by atoms with E-state index in [0.29, 0.717) is 5.56 Å². The minimum absolute atomic E-state index is 0.323. The fraction of sp³-hybridized carbons (Fsp3) is 0.167. The van der Waals surface area contributed by atoms with E-state index in [1.54, 1.807) is 24.5 Å². The Balaban J connectivity index is 2.26. The maximum atomic E-state index is 11.8. The Bertz CT molecular complexity index is 849. The van der Waals surface area contributed by atoms with Crippen molar-refractivity contribution in [1.29, 1.82) is 0 Å². The van der Waals surface area contributed by atoms with Gasteiger partial charge in [-0.15, -0.1) is 11.3 Å². The summed E-state index contributed by atoms with van der Waals surface area (Å²) in [5.41, 5.74) is 3.85. The van der Waals surface area contributed by atoms with Crippen LogP contribution in [0.5, 0.6) is 5.75 Å². The normalized spacial score (nSPS) is 10.7. The molecule has 0 N–H and O–H groups in total. The summed E-state index contributed by atoms with van der Waals surface area (Å²) in [5.74, 6) is 0.513. The van der Waals surface area contributed by atoms with E-state index in [1.807, 2.05) is 24.3 Å². The molecule has 0 spiro atoms. The summed E-state index contributed by atoms with van der Waals surface area (Å²) in [4.78, 5) is 11.8. The van der Waals surface area contributed by atoms with Crippen molar-refractivity contribution in [3.8, 4) is 16.9 Å². The van der Waals surface area contributed by atoms with E-state index in [9.17, 15) is 4.79 Å². The molecule has 0 fully saturated rings. The lowest BCUT2D eigenvalue weighted by Gasteiger charge is -2.11. The van der Waals surface area contributed by atoms with Crippen LogP contribution in [0.15, 0.2) is 41.8 Å². The lowest BCUT2D eigenvalue weighted by Crippen LogP contribution is -2.00.